The third-order valence-electron chi connectivity index (χ3n) is 2.13. The molecule has 0 aliphatic rings. The molecule has 0 heterocycles. The Morgan fingerprint density at radius 3 is 2.36 bits per heavy atom. The van der Waals surface area contributed by atoms with Gasteiger partial charge in [0.25, 0.3) is 0 Å². The van der Waals surface area contributed by atoms with Gasteiger partial charge in [0.2, 0.25) is 0 Å². The van der Waals surface area contributed by atoms with Gasteiger partial charge in [-0.3, -0.25) is 0 Å². The lowest BCUT2D eigenvalue weighted by atomic mass is 10.1. The molecule has 0 aromatic rings. The Kier molecular flexibility index (Phi) is 10.8. The third kappa shape index (κ3) is 9.92. The van der Waals surface area contributed by atoms with Crippen LogP contribution >= 0.6 is 0 Å². The Hall–Kier alpha value is -0.160. The van der Waals surface area contributed by atoms with E-state index in [1.807, 2.05) is 0 Å². The van der Waals surface area contributed by atoms with E-state index in [4.69, 9.17) is 10.2 Å². The average molecular weight is 204 g/mol. The lowest BCUT2D eigenvalue weighted by molar-refractivity contribution is 0.283. The summed E-state index contributed by atoms with van der Waals surface area (Å²) in [5.41, 5.74) is 0. The normalized spacial score (nSPS) is 13.1. The zero-order valence-electron chi connectivity index (χ0n) is 9.13. The lowest BCUT2D eigenvalue weighted by Gasteiger charge is -2.12. The van der Waals surface area contributed by atoms with Gasteiger partial charge in [0, 0.05) is 19.1 Å². The molecule has 0 saturated carbocycles. The Labute approximate surface area is 86.7 Å². The van der Waals surface area contributed by atoms with Gasteiger partial charge in [0.05, 0.1) is 13.2 Å². The van der Waals surface area contributed by atoms with Crippen LogP contribution in [0.5, 0.6) is 0 Å². The summed E-state index contributed by atoms with van der Waals surface area (Å²) in [6.45, 7) is 4.92. The molecule has 0 amide bonds. The van der Waals surface area contributed by atoms with Gasteiger partial charge in [0.15, 0.2) is 0 Å². The largest absolute Gasteiger partial charge is 0.395 e. The molecule has 1 atom stereocenters. The molecule has 0 aromatic carbocycles. The van der Waals surface area contributed by atoms with Crippen LogP contribution in [-0.4, -0.2) is 49.1 Å². The number of hydrogen-bond acceptors (Lipinski definition) is 4. The topological polar surface area (TPSA) is 64.5 Å². The van der Waals surface area contributed by atoms with Crippen LogP contribution in [0.3, 0.4) is 0 Å². The molecule has 0 aromatic heterocycles. The van der Waals surface area contributed by atoms with Crippen molar-refractivity contribution in [1.82, 2.24) is 10.6 Å². The van der Waals surface area contributed by atoms with Crippen LogP contribution in [0, 0.1) is 0 Å². The van der Waals surface area contributed by atoms with E-state index in [-0.39, 0.29) is 13.2 Å². The van der Waals surface area contributed by atoms with Crippen molar-refractivity contribution in [2.75, 3.05) is 32.8 Å². The van der Waals surface area contributed by atoms with E-state index in [0.29, 0.717) is 19.1 Å². The second-order valence-electron chi connectivity index (χ2n) is 3.55. The second kappa shape index (κ2) is 10.9. The first-order valence-corrected chi connectivity index (χ1v) is 5.47. The first-order valence-electron chi connectivity index (χ1n) is 5.47. The number of hydrogen-bond donors (Lipinski definition) is 4. The Morgan fingerprint density at radius 2 is 1.71 bits per heavy atom. The predicted molar refractivity (Wildman–Crippen MR) is 58.4 cm³/mol. The molecule has 4 heteroatoms. The fraction of sp³-hybridized carbons (Fsp3) is 1.00. The highest BCUT2D eigenvalue weighted by Crippen LogP contribution is 1.98. The lowest BCUT2D eigenvalue weighted by Crippen LogP contribution is -2.29. The summed E-state index contributed by atoms with van der Waals surface area (Å²) in [4.78, 5) is 0. The summed E-state index contributed by atoms with van der Waals surface area (Å²) in [7, 11) is 0. The summed E-state index contributed by atoms with van der Waals surface area (Å²) < 4.78 is 0. The van der Waals surface area contributed by atoms with Crippen molar-refractivity contribution in [2.24, 2.45) is 0 Å². The molecule has 86 valence electrons. The molecule has 14 heavy (non-hydrogen) atoms. The van der Waals surface area contributed by atoms with E-state index in [0.717, 1.165) is 19.4 Å². The fourth-order valence-corrected chi connectivity index (χ4v) is 1.32. The van der Waals surface area contributed by atoms with E-state index in [1.165, 1.54) is 6.42 Å². The minimum absolute atomic E-state index is 0.211. The van der Waals surface area contributed by atoms with Crippen LogP contribution in [0.15, 0.2) is 0 Å². The molecule has 0 spiro atoms. The highest BCUT2D eigenvalue weighted by molar-refractivity contribution is 4.60. The summed E-state index contributed by atoms with van der Waals surface area (Å²) in [5, 5.41) is 23.5. The number of aliphatic hydroxyl groups is 2. The Bertz CT molecular complexity index is 112. The minimum Gasteiger partial charge on any atom is -0.395 e. The van der Waals surface area contributed by atoms with Crippen molar-refractivity contribution in [3.63, 3.8) is 0 Å². The summed E-state index contributed by atoms with van der Waals surface area (Å²) in [6.07, 6.45) is 3.46. The van der Waals surface area contributed by atoms with Crippen molar-refractivity contribution in [3.05, 3.63) is 0 Å². The first kappa shape index (κ1) is 13.8. The molecule has 0 fully saturated rings. The third-order valence-corrected chi connectivity index (χ3v) is 2.13. The van der Waals surface area contributed by atoms with E-state index >= 15 is 0 Å². The van der Waals surface area contributed by atoms with Crippen LogP contribution in [0.4, 0.5) is 0 Å². The SMILES string of the molecule is CC(CCCCNCCO)NCCO. The van der Waals surface area contributed by atoms with Crippen LogP contribution < -0.4 is 10.6 Å². The van der Waals surface area contributed by atoms with Crippen molar-refractivity contribution in [1.29, 1.82) is 0 Å². The van der Waals surface area contributed by atoms with Gasteiger partial charge in [-0.25, -0.2) is 0 Å². The van der Waals surface area contributed by atoms with Crippen LogP contribution in [0.25, 0.3) is 0 Å². The van der Waals surface area contributed by atoms with Crippen molar-refractivity contribution in [3.8, 4) is 0 Å². The second-order valence-corrected chi connectivity index (χ2v) is 3.55. The van der Waals surface area contributed by atoms with Crippen LogP contribution in [0.1, 0.15) is 26.2 Å². The van der Waals surface area contributed by atoms with Crippen molar-refractivity contribution < 1.29 is 10.2 Å². The van der Waals surface area contributed by atoms with Gasteiger partial charge in [0.1, 0.15) is 0 Å². The molecule has 4 nitrogen and oxygen atoms in total. The molecule has 0 bridgehead atoms. The molecule has 0 saturated heterocycles. The molecule has 1 unspecified atom stereocenters. The molecule has 0 aliphatic heterocycles. The first-order chi connectivity index (χ1) is 6.81. The highest BCUT2D eigenvalue weighted by atomic mass is 16.3. The molecule has 0 aliphatic carbocycles. The van der Waals surface area contributed by atoms with E-state index in [9.17, 15) is 0 Å². The zero-order chi connectivity index (χ0) is 10.6. The highest BCUT2D eigenvalue weighted by Gasteiger charge is 1.99. The quantitative estimate of drug-likeness (QED) is 0.369. The number of nitrogens with one attached hydrogen (secondary N) is 2. The smallest absolute Gasteiger partial charge is 0.0556 e. The predicted octanol–water partition coefficient (Wildman–Crippen LogP) is -0.291. The van der Waals surface area contributed by atoms with Crippen molar-refractivity contribution >= 4 is 0 Å². The molecule has 4 N–H and O–H groups in total. The molecule has 0 rings (SSSR count). The van der Waals surface area contributed by atoms with Crippen LogP contribution in [0.2, 0.25) is 0 Å². The Balaban J connectivity index is 3.02. The van der Waals surface area contributed by atoms with E-state index < -0.39 is 0 Å². The van der Waals surface area contributed by atoms with Gasteiger partial charge >= 0.3 is 0 Å². The van der Waals surface area contributed by atoms with Gasteiger partial charge in [-0.15, -0.1) is 0 Å². The van der Waals surface area contributed by atoms with Crippen LogP contribution in [-0.2, 0) is 0 Å². The van der Waals surface area contributed by atoms with Gasteiger partial charge < -0.3 is 20.8 Å². The summed E-state index contributed by atoms with van der Waals surface area (Å²) in [5.74, 6) is 0. The maximum atomic E-state index is 8.59. The number of unbranched alkanes of at least 4 members (excludes halogenated alkanes) is 1. The van der Waals surface area contributed by atoms with Gasteiger partial charge in [-0.2, -0.15) is 0 Å². The number of aliphatic hydroxyl groups excluding tert-OH is 2. The van der Waals surface area contributed by atoms with E-state index in [2.05, 4.69) is 17.6 Å². The standard InChI is InChI=1S/C10H24N2O2/c1-10(12-7-9-14)4-2-3-5-11-6-8-13/h10-14H,2-9H2,1H3. The fourth-order valence-electron chi connectivity index (χ4n) is 1.32. The number of rotatable bonds is 10. The van der Waals surface area contributed by atoms with Gasteiger partial charge in [-0.1, -0.05) is 6.42 Å². The molecular formula is C10H24N2O2. The molecule has 0 radical (unpaired) electrons. The summed E-state index contributed by atoms with van der Waals surface area (Å²) in [6, 6.07) is 0.486. The molecular weight excluding hydrogens is 180 g/mol. The maximum Gasteiger partial charge on any atom is 0.0556 e. The maximum absolute atomic E-state index is 8.59. The van der Waals surface area contributed by atoms with E-state index in [1.54, 1.807) is 0 Å². The average Bonchev–Trinajstić information content (AvgIpc) is 2.20. The summed E-state index contributed by atoms with van der Waals surface area (Å²) >= 11 is 0. The zero-order valence-corrected chi connectivity index (χ0v) is 9.13. The monoisotopic (exact) mass is 204 g/mol. The van der Waals surface area contributed by atoms with Crippen molar-refractivity contribution in [2.45, 2.75) is 32.2 Å². The minimum atomic E-state index is 0.211. The Morgan fingerprint density at radius 1 is 1.00 bits per heavy atom. The van der Waals surface area contributed by atoms with Gasteiger partial charge in [-0.05, 0) is 26.3 Å².